The van der Waals surface area contributed by atoms with Gasteiger partial charge in [0.25, 0.3) is 0 Å². The highest BCUT2D eigenvalue weighted by molar-refractivity contribution is 5.80. The number of aromatic hydroxyl groups is 1. The predicted octanol–water partition coefficient (Wildman–Crippen LogP) is 2.84. The van der Waals surface area contributed by atoms with Crippen molar-refractivity contribution in [3.8, 4) is 5.75 Å². The number of nitrogens with one attached hydrogen (secondary N) is 1. The molecule has 0 aromatic heterocycles. The van der Waals surface area contributed by atoms with E-state index in [1.807, 2.05) is 36.4 Å². The Kier molecular flexibility index (Phi) is 3.18. The van der Waals surface area contributed by atoms with E-state index in [9.17, 15) is 5.11 Å². The maximum atomic E-state index is 9.47. The highest BCUT2D eigenvalue weighted by Crippen LogP contribution is 2.21. The van der Waals surface area contributed by atoms with E-state index in [1.165, 1.54) is 0 Å². The molecule has 0 unspecified atom stereocenters. The van der Waals surface area contributed by atoms with Gasteiger partial charge in [-0.25, -0.2) is 0 Å². The monoisotopic (exact) mass is 212 g/mol. The molecule has 0 aliphatic carbocycles. The molecule has 0 fully saturated rings. The number of hydrazone groups is 1. The lowest BCUT2D eigenvalue weighted by atomic mass is 10.2. The van der Waals surface area contributed by atoms with Crippen molar-refractivity contribution in [3.63, 3.8) is 0 Å². The van der Waals surface area contributed by atoms with Gasteiger partial charge in [-0.2, -0.15) is 5.10 Å². The molecule has 2 aromatic rings. The number of hydrogen-bond donors (Lipinski definition) is 2. The quantitative estimate of drug-likeness (QED) is 0.467. The average molecular weight is 212 g/mol. The van der Waals surface area contributed by atoms with Crippen molar-refractivity contribution in [1.82, 2.24) is 0 Å². The van der Waals surface area contributed by atoms with Crippen LogP contribution in [0.2, 0.25) is 0 Å². The van der Waals surface area contributed by atoms with Gasteiger partial charge >= 0.3 is 0 Å². The van der Waals surface area contributed by atoms with Crippen molar-refractivity contribution in [3.05, 3.63) is 60.2 Å². The zero-order chi connectivity index (χ0) is 11.2. The Labute approximate surface area is 94.1 Å². The third kappa shape index (κ3) is 2.60. The summed E-state index contributed by atoms with van der Waals surface area (Å²) in [5.41, 5.74) is 4.38. The first-order valence-corrected chi connectivity index (χ1v) is 4.98. The first-order chi connectivity index (χ1) is 7.86. The molecule has 0 spiro atoms. The summed E-state index contributed by atoms with van der Waals surface area (Å²) in [5, 5.41) is 13.5. The molecule has 0 radical (unpaired) electrons. The van der Waals surface area contributed by atoms with E-state index in [0.29, 0.717) is 5.69 Å². The fraction of sp³-hybridized carbons (Fsp3) is 0. The van der Waals surface area contributed by atoms with E-state index in [1.54, 1.807) is 24.4 Å². The van der Waals surface area contributed by atoms with E-state index in [-0.39, 0.29) is 5.75 Å². The Bertz CT molecular complexity index is 480. The molecule has 16 heavy (non-hydrogen) atoms. The second-order valence-electron chi connectivity index (χ2n) is 3.30. The molecule has 3 heteroatoms. The lowest BCUT2D eigenvalue weighted by molar-refractivity contribution is 0.477. The highest BCUT2D eigenvalue weighted by Gasteiger charge is 1.95. The summed E-state index contributed by atoms with van der Waals surface area (Å²) in [5.74, 6) is 0.188. The van der Waals surface area contributed by atoms with Crippen LogP contribution in [0.3, 0.4) is 0 Å². The molecule has 0 saturated carbocycles. The summed E-state index contributed by atoms with van der Waals surface area (Å²) in [6, 6.07) is 16.7. The van der Waals surface area contributed by atoms with E-state index >= 15 is 0 Å². The van der Waals surface area contributed by atoms with Crippen molar-refractivity contribution in [2.24, 2.45) is 5.10 Å². The number of nitrogens with zero attached hydrogens (tertiary/aromatic N) is 1. The fourth-order valence-electron chi connectivity index (χ4n) is 1.28. The molecular weight excluding hydrogens is 200 g/mol. The van der Waals surface area contributed by atoms with Gasteiger partial charge in [-0.1, -0.05) is 42.5 Å². The summed E-state index contributed by atoms with van der Waals surface area (Å²) < 4.78 is 0. The molecule has 2 aromatic carbocycles. The minimum Gasteiger partial charge on any atom is -0.506 e. The number of benzene rings is 2. The fourth-order valence-corrected chi connectivity index (χ4v) is 1.28. The Balaban J connectivity index is 2.03. The molecule has 0 bridgehead atoms. The number of hydrogen-bond acceptors (Lipinski definition) is 3. The Morgan fingerprint density at radius 1 is 0.938 bits per heavy atom. The SMILES string of the molecule is Oc1ccccc1N/N=C/c1ccccc1. The van der Waals surface area contributed by atoms with Crippen LogP contribution in [-0.4, -0.2) is 11.3 Å². The molecule has 0 atom stereocenters. The second kappa shape index (κ2) is 4.98. The van der Waals surface area contributed by atoms with Gasteiger partial charge in [0.15, 0.2) is 0 Å². The van der Waals surface area contributed by atoms with E-state index in [4.69, 9.17) is 0 Å². The minimum absolute atomic E-state index is 0.188. The first kappa shape index (κ1) is 10.2. The molecule has 2 N–H and O–H groups in total. The van der Waals surface area contributed by atoms with E-state index in [0.717, 1.165) is 5.56 Å². The van der Waals surface area contributed by atoms with Gasteiger partial charge in [0.2, 0.25) is 0 Å². The summed E-state index contributed by atoms with van der Waals surface area (Å²) in [7, 11) is 0. The van der Waals surface area contributed by atoms with E-state index < -0.39 is 0 Å². The molecular formula is C13H12N2O. The molecule has 2 rings (SSSR count). The average Bonchev–Trinajstić information content (AvgIpc) is 2.33. The van der Waals surface area contributed by atoms with Crippen LogP contribution in [0.25, 0.3) is 0 Å². The van der Waals surface area contributed by atoms with Crippen LogP contribution in [0.1, 0.15) is 5.56 Å². The predicted molar refractivity (Wildman–Crippen MR) is 65.8 cm³/mol. The molecule has 0 heterocycles. The smallest absolute Gasteiger partial charge is 0.140 e. The van der Waals surface area contributed by atoms with Gasteiger partial charge in [0.05, 0.1) is 11.9 Å². The second-order valence-corrected chi connectivity index (χ2v) is 3.30. The first-order valence-electron chi connectivity index (χ1n) is 4.98. The maximum absolute atomic E-state index is 9.47. The molecule has 3 nitrogen and oxygen atoms in total. The number of phenolic OH excluding ortho intramolecular Hbond substituents is 1. The van der Waals surface area contributed by atoms with Crippen molar-refractivity contribution < 1.29 is 5.11 Å². The lowest BCUT2D eigenvalue weighted by Gasteiger charge is -2.01. The molecule has 0 saturated heterocycles. The number of phenols is 1. The summed E-state index contributed by atoms with van der Waals surface area (Å²) in [4.78, 5) is 0. The largest absolute Gasteiger partial charge is 0.506 e. The maximum Gasteiger partial charge on any atom is 0.140 e. The molecule has 0 amide bonds. The van der Waals surface area contributed by atoms with Gasteiger partial charge in [0.1, 0.15) is 5.75 Å². The zero-order valence-electron chi connectivity index (χ0n) is 8.67. The van der Waals surface area contributed by atoms with Crippen molar-refractivity contribution in [2.45, 2.75) is 0 Å². The van der Waals surface area contributed by atoms with Gasteiger partial charge in [0, 0.05) is 0 Å². The van der Waals surface area contributed by atoms with Gasteiger partial charge in [-0.05, 0) is 17.7 Å². The zero-order valence-corrected chi connectivity index (χ0v) is 8.67. The Morgan fingerprint density at radius 2 is 1.62 bits per heavy atom. The van der Waals surface area contributed by atoms with E-state index in [2.05, 4.69) is 10.5 Å². The molecule has 0 aliphatic rings. The van der Waals surface area contributed by atoms with Crippen LogP contribution in [0.15, 0.2) is 59.7 Å². The molecule has 0 aliphatic heterocycles. The van der Waals surface area contributed by atoms with Crippen LogP contribution >= 0.6 is 0 Å². The van der Waals surface area contributed by atoms with Gasteiger partial charge in [-0.3, -0.25) is 5.43 Å². The Morgan fingerprint density at radius 3 is 2.38 bits per heavy atom. The number of rotatable bonds is 3. The highest BCUT2D eigenvalue weighted by atomic mass is 16.3. The van der Waals surface area contributed by atoms with Gasteiger partial charge in [-0.15, -0.1) is 0 Å². The van der Waals surface area contributed by atoms with Crippen LogP contribution in [-0.2, 0) is 0 Å². The Hall–Kier alpha value is -2.29. The van der Waals surface area contributed by atoms with Crippen molar-refractivity contribution in [2.75, 3.05) is 5.43 Å². The van der Waals surface area contributed by atoms with Crippen LogP contribution < -0.4 is 5.43 Å². The summed E-state index contributed by atoms with van der Waals surface area (Å²) >= 11 is 0. The summed E-state index contributed by atoms with van der Waals surface area (Å²) in [6.45, 7) is 0. The van der Waals surface area contributed by atoms with Crippen LogP contribution in [0, 0.1) is 0 Å². The van der Waals surface area contributed by atoms with Crippen LogP contribution in [0.5, 0.6) is 5.75 Å². The number of anilines is 1. The van der Waals surface area contributed by atoms with Crippen LogP contribution in [0.4, 0.5) is 5.69 Å². The lowest BCUT2D eigenvalue weighted by Crippen LogP contribution is -1.90. The van der Waals surface area contributed by atoms with Crippen molar-refractivity contribution >= 4 is 11.9 Å². The topological polar surface area (TPSA) is 44.6 Å². The molecule has 80 valence electrons. The standard InChI is InChI=1S/C13H12N2O/c16-13-9-5-4-8-12(13)15-14-10-11-6-2-1-3-7-11/h1-10,15-16H/b14-10+. The van der Waals surface area contributed by atoms with Gasteiger partial charge < -0.3 is 5.11 Å². The summed E-state index contributed by atoms with van der Waals surface area (Å²) in [6.07, 6.45) is 1.70. The normalized spacial score (nSPS) is 10.5. The number of para-hydroxylation sites is 2. The van der Waals surface area contributed by atoms with Crippen molar-refractivity contribution in [1.29, 1.82) is 0 Å². The third-order valence-electron chi connectivity index (χ3n) is 2.10. The third-order valence-corrected chi connectivity index (χ3v) is 2.10. The minimum atomic E-state index is 0.188.